The highest BCUT2D eigenvalue weighted by atomic mass is 35.5. The Bertz CT molecular complexity index is 1100. The molecule has 1 aliphatic heterocycles. The second kappa shape index (κ2) is 8.25. The van der Waals surface area contributed by atoms with Gasteiger partial charge in [0.15, 0.2) is 5.78 Å². The zero-order chi connectivity index (χ0) is 21.4. The summed E-state index contributed by atoms with van der Waals surface area (Å²) >= 11 is 12.6. The molecule has 5 nitrogen and oxygen atoms in total. The number of aromatic nitrogens is 1. The Balaban J connectivity index is 1.81. The second-order valence-corrected chi connectivity index (χ2v) is 8.45. The summed E-state index contributed by atoms with van der Waals surface area (Å²) in [6.45, 7) is 3.77. The summed E-state index contributed by atoms with van der Waals surface area (Å²) in [6, 6.07) is 8.78. The number of nitrogens with zero attached hydrogens (tertiary/aromatic N) is 1. The van der Waals surface area contributed by atoms with Crippen LogP contribution in [0.3, 0.4) is 0 Å². The van der Waals surface area contributed by atoms with Crippen LogP contribution in [0.4, 0.5) is 5.82 Å². The van der Waals surface area contributed by atoms with Gasteiger partial charge in [-0.25, -0.2) is 4.98 Å². The molecule has 1 atom stereocenters. The van der Waals surface area contributed by atoms with Crippen LogP contribution < -0.4 is 10.6 Å². The minimum atomic E-state index is -0.565. The van der Waals surface area contributed by atoms with Crippen LogP contribution in [0, 0.1) is 6.92 Å². The summed E-state index contributed by atoms with van der Waals surface area (Å²) in [5, 5.41) is 7.07. The predicted molar refractivity (Wildman–Crippen MR) is 119 cm³/mol. The van der Waals surface area contributed by atoms with Crippen molar-refractivity contribution >= 4 is 40.7 Å². The molecule has 30 heavy (non-hydrogen) atoms. The van der Waals surface area contributed by atoms with Crippen LogP contribution in [0.5, 0.6) is 0 Å². The molecule has 0 saturated heterocycles. The van der Waals surface area contributed by atoms with Gasteiger partial charge in [-0.1, -0.05) is 35.3 Å². The van der Waals surface area contributed by atoms with Gasteiger partial charge in [-0.2, -0.15) is 0 Å². The molecule has 0 spiro atoms. The van der Waals surface area contributed by atoms with E-state index in [0.29, 0.717) is 44.7 Å². The number of carbonyl (C=O) groups excluding carboxylic acids is 2. The van der Waals surface area contributed by atoms with Crippen LogP contribution in [-0.4, -0.2) is 16.7 Å². The maximum absolute atomic E-state index is 13.4. The smallest absolute Gasteiger partial charge is 0.255 e. The molecular formula is C23H21Cl2N3O2. The number of ketones is 1. The molecule has 2 aromatic rings. The number of nitrogens with one attached hydrogen (secondary N) is 2. The van der Waals surface area contributed by atoms with E-state index in [0.717, 1.165) is 24.1 Å². The number of aryl methyl sites for hydroxylation is 1. The topological polar surface area (TPSA) is 71.1 Å². The molecule has 2 aliphatic rings. The van der Waals surface area contributed by atoms with Gasteiger partial charge in [-0.05, 0) is 56.0 Å². The molecule has 1 aliphatic carbocycles. The van der Waals surface area contributed by atoms with E-state index in [1.54, 1.807) is 30.5 Å². The number of benzene rings is 1. The minimum absolute atomic E-state index is 0.0334. The molecule has 2 N–H and O–H groups in total. The fourth-order valence-electron chi connectivity index (χ4n) is 4.06. The molecule has 0 fully saturated rings. The molecule has 4 rings (SSSR count). The zero-order valence-corrected chi connectivity index (χ0v) is 18.2. The van der Waals surface area contributed by atoms with Crippen LogP contribution in [0.1, 0.15) is 43.2 Å². The van der Waals surface area contributed by atoms with Crippen molar-refractivity contribution in [3.8, 4) is 0 Å². The number of dihydropyridines is 1. The fraction of sp³-hybridized carbons (Fsp3) is 0.261. The molecule has 1 aromatic carbocycles. The van der Waals surface area contributed by atoms with E-state index in [2.05, 4.69) is 15.6 Å². The molecule has 0 unspecified atom stereocenters. The summed E-state index contributed by atoms with van der Waals surface area (Å²) < 4.78 is 0. The number of allylic oxidation sites excluding steroid dienone is 3. The van der Waals surface area contributed by atoms with E-state index in [1.807, 2.05) is 19.9 Å². The Morgan fingerprint density at radius 1 is 1.17 bits per heavy atom. The van der Waals surface area contributed by atoms with Crippen LogP contribution >= 0.6 is 23.2 Å². The number of Topliss-reactive ketones (excluding diaryl/α,β-unsaturated/α-hetero) is 1. The van der Waals surface area contributed by atoms with Gasteiger partial charge in [0.2, 0.25) is 0 Å². The quantitative estimate of drug-likeness (QED) is 0.677. The normalized spacial score (nSPS) is 18.8. The highest BCUT2D eigenvalue weighted by molar-refractivity contribution is 6.35. The minimum Gasteiger partial charge on any atom is -0.362 e. The third-order valence-electron chi connectivity index (χ3n) is 5.45. The Morgan fingerprint density at radius 2 is 1.97 bits per heavy atom. The number of hydrogen-bond acceptors (Lipinski definition) is 4. The third kappa shape index (κ3) is 3.87. The number of hydrogen-bond donors (Lipinski definition) is 2. The first-order valence-electron chi connectivity index (χ1n) is 9.78. The Morgan fingerprint density at radius 3 is 2.67 bits per heavy atom. The van der Waals surface area contributed by atoms with E-state index < -0.39 is 5.92 Å². The summed E-state index contributed by atoms with van der Waals surface area (Å²) in [5.41, 5.74) is 4.31. The van der Waals surface area contributed by atoms with Crippen molar-refractivity contribution in [2.24, 2.45) is 0 Å². The molecule has 0 bridgehead atoms. The number of anilines is 1. The maximum atomic E-state index is 13.4. The standard InChI is InChI=1S/C23H21Cl2N3O2/c1-12-6-9-19(26-11-12)28-23(30)20-13(2)27-17-4-3-5-18(29)22(17)21(20)15-8-7-14(24)10-16(15)25/h6-11,21,27H,3-5H2,1-2H3,(H,26,28,30)/t21-/m0/s1. The molecule has 1 amide bonds. The zero-order valence-electron chi connectivity index (χ0n) is 16.7. The van der Waals surface area contributed by atoms with Gasteiger partial charge in [-0.15, -0.1) is 0 Å². The number of halogens is 2. The van der Waals surface area contributed by atoms with E-state index in [4.69, 9.17) is 23.2 Å². The third-order valence-corrected chi connectivity index (χ3v) is 6.01. The van der Waals surface area contributed by atoms with Crippen LogP contribution in [0.15, 0.2) is 59.1 Å². The fourth-order valence-corrected chi connectivity index (χ4v) is 4.57. The van der Waals surface area contributed by atoms with Gasteiger partial charge >= 0.3 is 0 Å². The van der Waals surface area contributed by atoms with Crippen molar-refractivity contribution in [3.63, 3.8) is 0 Å². The largest absolute Gasteiger partial charge is 0.362 e. The van der Waals surface area contributed by atoms with Gasteiger partial charge in [0.25, 0.3) is 5.91 Å². The molecule has 0 saturated carbocycles. The second-order valence-electron chi connectivity index (χ2n) is 7.61. The van der Waals surface area contributed by atoms with Crippen molar-refractivity contribution in [2.45, 2.75) is 39.0 Å². The van der Waals surface area contributed by atoms with Crippen LogP contribution in [0.2, 0.25) is 10.0 Å². The lowest BCUT2D eigenvalue weighted by Gasteiger charge is -2.34. The van der Waals surface area contributed by atoms with Gasteiger partial charge in [-0.3, -0.25) is 9.59 Å². The van der Waals surface area contributed by atoms with Gasteiger partial charge in [0.05, 0.1) is 0 Å². The molecule has 0 radical (unpaired) electrons. The highest BCUT2D eigenvalue weighted by Gasteiger charge is 2.39. The lowest BCUT2D eigenvalue weighted by molar-refractivity contribution is -0.116. The van der Waals surface area contributed by atoms with Crippen LogP contribution in [0.25, 0.3) is 0 Å². The monoisotopic (exact) mass is 441 g/mol. The lowest BCUT2D eigenvalue weighted by atomic mass is 9.75. The first-order chi connectivity index (χ1) is 14.3. The van der Waals surface area contributed by atoms with Crippen molar-refractivity contribution < 1.29 is 9.59 Å². The Labute approximate surface area is 185 Å². The molecule has 7 heteroatoms. The summed E-state index contributed by atoms with van der Waals surface area (Å²) in [5.74, 6) is -0.408. The number of rotatable bonds is 3. The van der Waals surface area contributed by atoms with Crippen molar-refractivity contribution in [1.82, 2.24) is 10.3 Å². The average molecular weight is 442 g/mol. The first kappa shape index (κ1) is 20.6. The Kier molecular flexibility index (Phi) is 5.67. The molecular weight excluding hydrogens is 421 g/mol. The summed E-state index contributed by atoms with van der Waals surface area (Å²) in [6.07, 6.45) is 3.69. The van der Waals surface area contributed by atoms with Gasteiger partial charge in [0.1, 0.15) is 5.82 Å². The summed E-state index contributed by atoms with van der Waals surface area (Å²) in [7, 11) is 0. The number of carbonyl (C=O) groups is 2. The van der Waals surface area contributed by atoms with Gasteiger partial charge in [0, 0.05) is 51.1 Å². The van der Waals surface area contributed by atoms with Crippen LogP contribution in [-0.2, 0) is 9.59 Å². The summed E-state index contributed by atoms with van der Waals surface area (Å²) in [4.78, 5) is 30.5. The number of amides is 1. The van der Waals surface area contributed by atoms with Crippen molar-refractivity contribution in [3.05, 3.63) is 80.2 Å². The number of pyridine rings is 1. The average Bonchev–Trinajstić information content (AvgIpc) is 2.69. The van der Waals surface area contributed by atoms with Gasteiger partial charge < -0.3 is 10.6 Å². The molecule has 154 valence electrons. The van der Waals surface area contributed by atoms with E-state index in [-0.39, 0.29) is 11.7 Å². The Hall–Kier alpha value is -2.63. The first-order valence-corrected chi connectivity index (χ1v) is 10.5. The van der Waals surface area contributed by atoms with E-state index >= 15 is 0 Å². The molecule has 2 heterocycles. The highest BCUT2D eigenvalue weighted by Crippen LogP contribution is 2.44. The van der Waals surface area contributed by atoms with Crippen molar-refractivity contribution in [1.29, 1.82) is 0 Å². The van der Waals surface area contributed by atoms with Crippen molar-refractivity contribution in [2.75, 3.05) is 5.32 Å². The van der Waals surface area contributed by atoms with E-state index in [9.17, 15) is 9.59 Å². The maximum Gasteiger partial charge on any atom is 0.255 e. The SMILES string of the molecule is CC1=C(C(=O)Nc2ccc(C)cn2)[C@H](c2ccc(Cl)cc2Cl)C2=C(CCCC2=O)N1. The lowest BCUT2D eigenvalue weighted by Crippen LogP contribution is -2.35. The van der Waals surface area contributed by atoms with E-state index in [1.165, 1.54) is 0 Å². The predicted octanol–water partition coefficient (Wildman–Crippen LogP) is 5.30. The molecule has 1 aromatic heterocycles.